The predicted molar refractivity (Wildman–Crippen MR) is 82.6 cm³/mol. The zero-order chi connectivity index (χ0) is 17.1. The van der Waals surface area contributed by atoms with Crippen LogP contribution in [0.2, 0.25) is 0 Å². The van der Waals surface area contributed by atoms with E-state index >= 15 is 0 Å². The van der Waals surface area contributed by atoms with Gasteiger partial charge in [0.25, 0.3) is 0 Å². The van der Waals surface area contributed by atoms with Crippen LogP contribution in [0.25, 0.3) is 0 Å². The minimum atomic E-state index is -0.781. The molecule has 3 atom stereocenters. The molecule has 3 N–H and O–H groups in total. The molecule has 23 heavy (non-hydrogen) atoms. The lowest BCUT2D eigenvalue weighted by atomic mass is 10.1. The molecule has 9 heteroatoms. The Bertz CT molecular complexity index is 376. The number of nitrogens with one attached hydrogen (secondary N) is 2. The number of methoxy groups -OCH3 is 2. The van der Waals surface area contributed by atoms with Crippen molar-refractivity contribution in [2.24, 2.45) is 0 Å². The van der Waals surface area contributed by atoms with Crippen molar-refractivity contribution >= 4 is 17.8 Å². The Kier molecular flexibility index (Phi) is 13.1. The van der Waals surface area contributed by atoms with Crippen LogP contribution in [0.15, 0.2) is 0 Å². The van der Waals surface area contributed by atoms with Crippen molar-refractivity contribution in [1.82, 2.24) is 10.6 Å². The van der Waals surface area contributed by atoms with Gasteiger partial charge >= 0.3 is 11.9 Å². The van der Waals surface area contributed by atoms with Gasteiger partial charge in [-0.25, -0.2) is 4.89 Å². The lowest BCUT2D eigenvalue weighted by Gasteiger charge is -2.23. The van der Waals surface area contributed by atoms with Crippen molar-refractivity contribution in [2.75, 3.05) is 21.3 Å². The molecule has 0 aromatic rings. The number of carbonyl (C=O) groups is 3. The van der Waals surface area contributed by atoms with Crippen molar-refractivity contribution in [3.05, 3.63) is 0 Å². The first-order valence-electron chi connectivity index (χ1n) is 6.81. The summed E-state index contributed by atoms with van der Waals surface area (Å²) in [4.78, 5) is 38.7. The predicted octanol–water partition coefficient (Wildman–Crippen LogP) is 0.0897. The maximum absolute atomic E-state index is 12.0. The maximum atomic E-state index is 12.0. The number of hydrogen-bond acceptors (Lipinski definition) is 8. The smallest absolute Gasteiger partial charge is 0.323 e. The molecule has 0 rings (SSSR count). The van der Waals surface area contributed by atoms with Crippen molar-refractivity contribution in [3.63, 3.8) is 0 Å². The Morgan fingerprint density at radius 3 is 2.22 bits per heavy atom. The molecular formula is C14H28N2O7. The second kappa shape index (κ2) is 12.8. The van der Waals surface area contributed by atoms with E-state index in [1.807, 2.05) is 0 Å². The van der Waals surface area contributed by atoms with E-state index < -0.39 is 36.0 Å². The Hall–Kier alpha value is -1.71. The van der Waals surface area contributed by atoms with Crippen molar-refractivity contribution in [1.29, 1.82) is 0 Å². The number of esters is 2. The fourth-order valence-corrected chi connectivity index (χ4v) is 1.77. The number of rotatable bonds is 10. The third-order valence-electron chi connectivity index (χ3n) is 3.19. The number of ether oxygens (including phenoxy) is 2. The second-order valence-electron chi connectivity index (χ2n) is 4.67. The molecule has 0 spiro atoms. The van der Waals surface area contributed by atoms with Crippen LogP contribution in [0.3, 0.4) is 0 Å². The first-order valence-corrected chi connectivity index (χ1v) is 6.81. The van der Waals surface area contributed by atoms with Gasteiger partial charge in [-0.1, -0.05) is 7.43 Å². The Balaban J connectivity index is 0. The maximum Gasteiger partial charge on any atom is 0.323 e. The first-order chi connectivity index (χ1) is 10.4. The SMILES string of the molecule is C.CNC(CC(=O)NC(CCC(=O)OC)C(C)OO)C(=O)OC. The third-order valence-corrected chi connectivity index (χ3v) is 3.19. The molecule has 3 unspecified atom stereocenters. The molecule has 0 radical (unpaired) electrons. The Morgan fingerprint density at radius 2 is 1.78 bits per heavy atom. The quantitative estimate of drug-likeness (QED) is 0.291. The highest BCUT2D eigenvalue weighted by molar-refractivity contribution is 5.85. The molecule has 0 saturated carbocycles. The van der Waals surface area contributed by atoms with E-state index in [1.165, 1.54) is 28.2 Å². The van der Waals surface area contributed by atoms with Gasteiger partial charge in [-0.2, -0.15) is 0 Å². The molecule has 0 aromatic heterocycles. The minimum absolute atomic E-state index is 0. The zero-order valence-electron chi connectivity index (χ0n) is 13.3. The molecule has 0 aromatic carbocycles. The van der Waals surface area contributed by atoms with E-state index in [-0.39, 0.29) is 26.7 Å². The lowest BCUT2D eigenvalue weighted by Crippen LogP contribution is -2.46. The van der Waals surface area contributed by atoms with Gasteiger partial charge < -0.3 is 20.1 Å². The zero-order valence-corrected chi connectivity index (χ0v) is 13.3. The topological polar surface area (TPSA) is 123 Å². The van der Waals surface area contributed by atoms with Gasteiger partial charge in [0.1, 0.15) is 12.1 Å². The van der Waals surface area contributed by atoms with E-state index in [2.05, 4.69) is 25.0 Å². The van der Waals surface area contributed by atoms with Gasteiger partial charge in [0.15, 0.2) is 0 Å². The largest absolute Gasteiger partial charge is 0.469 e. The summed E-state index contributed by atoms with van der Waals surface area (Å²) in [5.74, 6) is -1.44. The van der Waals surface area contributed by atoms with Crippen LogP contribution in [0.5, 0.6) is 0 Å². The Labute approximate surface area is 136 Å². The monoisotopic (exact) mass is 336 g/mol. The summed E-state index contributed by atoms with van der Waals surface area (Å²) >= 11 is 0. The van der Waals surface area contributed by atoms with Crippen molar-refractivity contribution in [3.8, 4) is 0 Å². The van der Waals surface area contributed by atoms with Crippen LogP contribution in [-0.4, -0.2) is 62.6 Å². The fraction of sp³-hybridized carbons (Fsp3) is 0.786. The molecule has 0 aliphatic heterocycles. The van der Waals surface area contributed by atoms with E-state index in [9.17, 15) is 14.4 Å². The van der Waals surface area contributed by atoms with Crippen LogP contribution in [0.1, 0.15) is 33.6 Å². The van der Waals surface area contributed by atoms with E-state index in [4.69, 9.17) is 5.26 Å². The molecule has 0 aliphatic rings. The number of carbonyl (C=O) groups excluding carboxylic acids is 3. The first kappa shape index (κ1) is 23.6. The highest BCUT2D eigenvalue weighted by Gasteiger charge is 2.25. The average molecular weight is 336 g/mol. The number of amides is 1. The lowest BCUT2D eigenvalue weighted by molar-refractivity contribution is -0.279. The summed E-state index contributed by atoms with van der Waals surface area (Å²) in [6, 6.07) is -1.39. The summed E-state index contributed by atoms with van der Waals surface area (Å²) in [5.41, 5.74) is 0. The fourth-order valence-electron chi connectivity index (χ4n) is 1.77. The van der Waals surface area contributed by atoms with Gasteiger partial charge in [0.05, 0.1) is 26.7 Å². The highest BCUT2D eigenvalue weighted by Crippen LogP contribution is 2.07. The summed E-state index contributed by atoms with van der Waals surface area (Å²) < 4.78 is 9.08. The standard InChI is InChI=1S/C13H24N2O7.CH4/c1-8(22-19)9(5-6-12(17)20-3)15-11(16)7-10(14-2)13(18)21-4;/h8-10,14,19H,5-7H2,1-4H3,(H,15,16);1H4. The van der Waals surface area contributed by atoms with Crippen LogP contribution in [0, 0.1) is 0 Å². The van der Waals surface area contributed by atoms with Crippen LogP contribution in [-0.2, 0) is 28.7 Å². The molecule has 0 bridgehead atoms. The van der Waals surface area contributed by atoms with Crippen LogP contribution in [0.4, 0.5) is 0 Å². The summed E-state index contributed by atoms with van der Waals surface area (Å²) in [6.07, 6.45) is -0.583. The molecule has 0 heterocycles. The van der Waals surface area contributed by atoms with Crippen molar-refractivity contribution in [2.45, 2.75) is 51.8 Å². The van der Waals surface area contributed by atoms with Gasteiger partial charge in [-0.3, -0.25) is 19.6 Å². The molecule has 1 amide bonds. The molecule has 0 aliphatic carbocycles. The van der Waals surface area contributed by atoms with Crippen molar-refractivity contribution < 1.29 is 34.0 Å². The van der Waals surface area contributed by atoms with Gasteiger partial charge in [0.2, 0.25) is 5.91 Å². The second-order valence-corrected chi connectivity index (χ2v) is 4.67. The summed E-state index contributed by atoms with van der Waals surface area (Å²) in [6.45, 7) is 1.54. The van der Waals surface area contributed by atoms with E-state index in [0.29, 0.717) is 0 Å². The van der Waals surface area contributed by atoms with Gasteiger partial charge in [-0.15, -0.1) is 0 Å². The minimum Gasteiger partial charge on any atom is -0.469 e. The van der Waals surface area contributed by atoms with Crippen LogP contribution >= 0.6 is 0 Å². The highest BCUT2D eigenvalue weighted by atomic mass is 17.1. The van der Waals surface area contributed by atoms with Gasteiger partial charge in [-0.05, 0) is 20.4 Å². The summed E-state index contributed by atoms with van der Waals surface area (Å²) in [7, 11) is 4.02. The summed E-state index contributed by atoms with van der Waals surface area (Å²) in [5, 5.41) is 14.0. The van der Waals surface area contributed by atoms with E-state index in [1.54, 1.807) is 0 Å². The third kappa shape index (κ3) is 9.11. The molecule has 9 nitrogen and oxygen atoms in total. The average Bonchev–Trinajstić information content (AvgIpc) is 2.54. The number of hydrogen-bond donors (Lipinski definition) is 3. The van der Waals surface area contributed by atoms with E-state index in [0.717, 1.165) is 0 Å². The molecule has 136 valence electrons. The Morgan fingerprint density at radius 1 is 1.17 bits per heavy atom. The molecule has 0 saturated heterocycles. The van der Waals surface area contributed by atoms with Gasteiger partial charge in [0, 0.05) is 6.42 Å². The molecular weight excluding hydrogens is 308 g/mol. The number of likely N-dealkylation sites (N-methyl/N-ethyl adjacent to an activating group) is 1. The normalized spacial score (nSPS) is 14.0. The van der Waals surface area contributed by atoms with Crippen LogP contribution < -0.4 is 10.6 Å². The molecule has 0 fully saturated rings.